The normalized spacial score (nSPS) is 16.6. The molecule has 6 heteroatoms. The molecule has 0 aliphatic heterocycles. The number of nitrogens with zero attached hydrogens (tertiary/aromatic N) is 2. The second-order valence-electron chi connectivity index (χ2n) is 6.16. The lowest BCUT2D eigenvalue weighted by Gasteiger charge is -2.24. The second-order valence-corrected chi connectivity index (χ2v) is 6.60. The molecule has 0 radical (unpaired) electrons. The number of aromatic nitrogens is 2. The third-order valence-electron chi connectivity index (χ3n) is 4.32. The molecule has 1 aliphatic carbocycles. The average molecular weight is 348 g/mol. The molecule has 0 saturated heterocycles. The fourth-order valence-electron chi connectivity index (χ4n) is 3.06. The van der Waals surface area contributed by atoms with Crippen molar-refractivity contribution in [1.29, 1.82) is 0 Å². The maximum absolute atomic E-state index is 12.4. The van der Waals surface area contributed by atoms with Gasteiger partial charge in [-0.1, -0.05) is 36.9 Å². The minimum absolute atomic E-state index is 0.201. The van der Waals surface area contributed by atoms with Crippen LogP contribution in [0, 0.1) is 0 Å². The monoisotopic (exact) mass is 347 g/mol. The van der Waals surface area contributed by atoms with Gasteiger partial charge in [0.15, 0.2) is 6.10 Å². The smallest absolute Gasteiger partial charge is 0.266 e. The van der Waals surface area contributed by atoms with Crippen LogP contribution >= 0.6 is 11.6 Å². The number of amides is 1. The van der Waals surface area contributed by atoms with Crippen molar-refractivity contribution < 1.29 is 9.53 Å². The van der Waals surface area contributed by atoms with Crippen LogP contribution in [0.4, 0.5) is 5.82 Å². The number of rotatable bonds is 5. The van der Waals surface area contributed by atoms with Crippen molar-refractivity contribution in [2.24, 2.45) is 0 Å². The molecule has 1 aromatic heterocycles. The topological polar surface area (TPSA) is 56.1 Å². The Morgan fingerprint density at radius 2 is 2.12 bits per heavy atom. The number of benzene rings is 1. The summed E-state index contributed by atoms with van der Waals surface area (Å²) in [6.07, 6.45) is 7.03. The molecule has 1 aromatic carbocycles. The summed E-state index contributed by atoms with van der Waals surface area (Å²) in [6.45, 7) is 1.72. The summed E-state index contributed by atoms with van der Waals surface area (Å²) in [7, 11) is 0. The molecule has 0 bridgehead atoms. The Labute approximate surface area is 147 Å². The van der Waals surface area contributed by atoms with E-state index in [4.69, 9.17) is 16.3 Å². The molecule has 128 valence electrons. The molecule has 1 aliphatic rings. The third-order valence-corrected chi connectivity index (χ3v) is 4.56. The number of hydrogen-bond donors (Lipinski definition) is 1. The molecule has 3 rings (SSSR count). The van der Waals surface area contributed by atoms with Crippen molar-refractivity contribution in [2.45, 2.75) is 51.2 Å². The maximum Gasteiger partial charge on any atom is 0.266 e. The molecule has 1 atom stereocenters. The van der Waals surface area contributed by atoms with Crippen LogP contribution in [0.15, 0.2) is 36.5 Å². The van der Waals surface area contributed by atoms with E-state index in [0.717, 1.165) is 18.7 Å². The van der Waals surface area contributed by atoms with Gasteiger partial charge in [0.2, 0.25) is 0 Å². The van der Waals surface area contributed by atoms with Gasteiger partial charge in [-0.05, 0) is 38.0 Å². The highest BCUT2D eigenvalue weighted by atomic mass is 35.5. The average Bonchev–Trinajstić information content (AvgIpc) is 3.03. The molecule has 1 unspecified atom stereocenters. The maximum atomic E-state index is 12.4. The first-order valence-corrected chi connectivity index (χ1v) is 8.78. The Morgan fingerprint density at radius 1 is 1.33 bits per heavy atom. The van der Waals surface area contributed by atoms with Gasteiger partial charge in [-0.2, -0.15) is 5.10 Å². The first-order chi connectivity index (χ1) is 11.6. The van der Waals surface area contributed by atoms with E-state index in [-0.39, 0.29) is 5.91 Å². The molecular weight excluding hydrogens is 326 g/mol. The predicted octanol–water partition coefficient (Wildman–Crippen LogP) is 4.45. The Kier molecular flexibility index (Phi) is 5.41. The van der Waals surface area contributed by atoms with Crippen LogP contribution in [0.1, 0.15) is 45.1 Å². The Morgan fingerprint density at radius 3 is 2.88 bits per heavy atom. The zero-order chi connectivity index (χ0) is 16.9. The SMILES string of the molecule is CC(Oc1cccc(Cl)c1)C(=O)Nc1ccnn1C1CCCCC1. The van der Waals surface area contributed by atoms with Crippen LogP contribution in [0.2, 0.25) is 5.02 Å². The number of hydrogen-bond acceptors (Lipinski definition) is 3. The van der Waals surface area contributed by atoms with Gasteiger partial charge in [0.05, 0.1) is 12.2 Å². The van der Waals surface area contributed by atoms with E-state index < -0.39 is 6.10 Å². The predicted molar refractivity (Wildman–Crippen MR) is 94.5 cm³/mol. The van der Waals surface area contributed by atoms with E-state index >= 15 is 0 Å². The van der Waals surface area contributed by atoms with Crippen molar-refractivity contribution in [3.63, 3.8) is 0 Å². The summed E-state index contributed by atoms with van der Waals surface area (Å²) in [5.74, 6) is 1.10. The summed E-state index contributed by atoms with van der Waals surface area (Å²) < 4.78 is 7.60. The molecule has 1 saturated carbocycles. The molecule has 1 N–H and O–H groups in total. The fourth-order valence-corrected chi connectivity index (χ4v) is 3.24. The first kappa shape index (κ1) is 16.8. The first-order valence-electron chi connectivity index (χ1n) is 8.40. The molecule has 1 heterocycles. The fraction of sp³-hybridized carbons (Fsp3) is 0.444. The van der Waals surface area contributed by atoms with Crippen molar-refractivity contribution in [3.8, 4) is 5.75 Å². The van der Waals surface area contributed by atoms with Crippen molar-refractivity contribution in [1.82, 2.24) is 9.78 Å². The van der Waals surface area contributed by atoms with Gasteiger partial charge in [-0.25, -0.2) is 4.68 Å². The Bertz CT molecular complexity index is 695. The van der Waals surface area contributed by atoms with E-state index in [1.807, 2.05) is 10.7 Å². The highest BCUT2D eigenvalue weighted by Crippen LogP contribution is 2.30. The highest BCUT2D eigenvalue weighted by Gasteiger charge is 2.21. The standard InChI is InChI=1S/C18H22ClN3O2/c1-13(24-16-9-5-6-14(19)12-16)18(23)21-17-10-11-20-22(17)15-7-3-2-4-8-15/h5-6,9-13,15H,2-4,7-8H2,1H3,(H,21,23). The van der Waals surface area contributed by atoms with E-state index in [1.165, 1.54) is 19.3 Å². The summed E-state index contributed by atoms with van der Waals surface area (Å²) >= 11 is 5.94. The van der Waals surface area contributed by atoms with Crippen LogP contribution in [0.3, 0.4) is 0 Å². The number of nitrogens with one attached hydrogen (secondary N) is 1. The van der Waals surface area contributed by atoms with Gasteiger partial charge < -0.3 is 10.1 Å². The highest BCUT2D eigenvalue weighted by molar-refractivity contribution is 6.30. The van der Waals surface area contributed by atoms with Gasteiger partial charge in [0.1, 0.15) is 11.6 Å². The zero-order valence-corrected chi connectivity index (χ0v) is 14.5. The number of carbonyl (C=O) groups is 1. The zero-order valence-electron chi connectivity index (χ0n) is 13.7. The lowest BCUT2D eigenvalue weighted by atomic mass is 9.96. The Hall–Kier alpha value is -2.01. The molecule has 5 nitrogen and oxygen atoms in total. The summed E-state index contributed by atoms with van der Waals surface area (Å²) in [4.78, 5) is 12.4. The third kappa shape index (κ3) is 4.09. The molecular formula is C18H22ClN3O2. The summed E-state index contributed by atoms with van der Waals surface area (Å²) in [5.41, 5.74) is 0. The van der Waals surface area contributed by atoms with Gasteiger partial charge in [-0.3, -0.25) is 4.79 Å². The van der Waals surface area contributed by atoms with E-state index in [0.29, 0.717) is 16.8 Å². The molecule has 24 heavy (non-hydrogen) atoms. The van der Waals surface area contributed by atoms with Gasteiger partial charge >= 0.3 is 0 Å². The van der Waals surface area contributed by atoms with E-state index in [2.05, 4.69) is 10.4 Å². The molecule has 1 fully saturated rings. The number of anilines is 1. The number of ether oxygens (including phenoxy) is 1. The van der Waals surface area contributed by atoms with Crippen LogP contribution in [-0.4, -0.2) is 21.8 Å². The molecule has 1 amide bonds. The van der Waals surface area contributed by atoms with Gasteiger partial charge in [0, 0.05) is 11.1 Å². The lowest BCUT2D eigenvalue weighted by molar-refractivity contribution is -0.122. The van der Waals surface area contributed by atoms with Crippen LogP contribution in [-0.2, 0) is 4.79 Å². The minimum Gasteiger partial charge on any atom is -0.481 e. The van der Waals surface area contributed by atoms with Crippen molar-refractivity contribution >= 4 is 23.3 Å². The summed E-state index contributed by atoms with van der Waals surface area (Å²) in [6, 6.07) is 9.23. The van der Waals surface area contributed by atoms with Crippen molar-refractivity contribution in [2.75, 3.05) is 5.32 Å². The van der Waals surface area contributed by atoms with Crippen LogP contribution < -0.4 is 10.1 Å². The van der Waals surface area contributed by atoms with E-state index in [1.54, 1.807) is 37.4 Å². The molecule has 0 spiro atoms. The Balaban J connectivity index is 1.63. The van der Waals surface area contributed by atoms with E-state index in [9.17, 15) is 4.79 Å². The van der Waals surface area contributed by atoms with Crippen molar-refractivity contribution in [3.05, 3.63) is 41.6 Å². The summed E-state index contributed by atoms with van der Waals surface area (Å²) in [5, 5.41) is 7.90. The minimum atomic E-state index is -0.627. The van der Waals surface area contributed by atoms with Gasteiger partial charge in [-0.15, -0.1) is 0 Å². The lowest BCUT2D eigenvalue weighted by Crippen LogP contribution is -2.31. The number of carbonyl (C=O) groups excluding carboxylic acids is 1. The largest absolute Gasteiger partial charge is 0.481 e. The van der Waals surface area contributed by atoms with Crippen LogP contribution in [0.25, 0.3) is 0 Å². The van der Waals surface area contributed by atoms with Crippen LogP contribution in [0.5, 0.6) is 5.75 Å². The quantitative estimate of drug-likeness (QED) is 0.869. The second kappa shape index (κ2) is 7.71. The molecule has 2 aromatic rings. The van der Waals surface area contributed by atoms with Gasteiger partial charge in [0.25, 0.3) is 5.91 Å². The number of halogens is 1.